The van der Waals surface area contributed by atoms with Gasteiger partial charge in [-0.05, 0) is 13.8 Å². The lowest BCUT2D eigenvalue weighted by Crippen LogP contribution is -1.95. The molecule has 0 aliphatic rings. The summed E-state index contributed by atoms with van der Waals surface area (Å²) in [6, 6.07) is 8.24. The minimum atomic E-state index is -0.0376. The molecule has 2 aromatic heterocycles. The van der Waals surface area contributed by atoms with Crippen LogP contribution in [0, 0.1) is 13.8 Å². The number of benzene rings is 1. The van der Waals surface area contributed by atoms with Crippen LogP contribution in [-0.2, 0) is 6.61 Å². The fourth-order valence-corrected chi connectivity index (χ4v) is 2.85. The maximum Gasteiger partial charge on any atom is 0.213 e. The summed E-state index contributed by atoms with van der Waals surface area (Å²) in [7, 11) is 0. The van der Waals surface area contributed by atoms with Crippen molar-refractivity contribution in [2.75, 3.05) is 0 Å². The maximum atomic E-state index is 9.33. The number of aliphatic hydroxyl groups is 1. The van der Waals surface area contributed by atoms with Gasteiger partial charge in [0.15, 0.2) is 0 Å². The van der Waals surface area contributed by atoms with Gasteiger partial charge < -0.3 is 5.11 Å². The quantitative estimate of drug-likeness (QED) is 0.769. The molecular weight excluding hydrogens is 246 g/mol. The first-order valence-corrected chi connectivity index (χ1v) is 6.53. The van der Waals surface area contributed by atoms with Crippen molar-refractivity contribution in [3.63, 3.8) is 0 Å². The summed E-state index contributed by atoms with van der Waals surface area (Å²) in [5.74, 6) is 0. The van der Waals surface area contributed by atoms with Crippen molar-refractivity contribution in [1.29, 1.82) is 0 Å². The molecule has 0 saturated heterocycles. The standard InChI is InChI=1S/C13H13N3OS/c1-8-3-5-10(6-4-8)12-15-16-11(7-17)9(2)14-13(16)18-12/h3-6,17H,7H2,1-2H3. The third-order valence-corrected chi connectivity index (χ3v) is 3.90. The normalized spacial score (nSPS) is 11.3. The Bertz CT molecular complexity index is 697. The highest BCUT2D eigenvalue weighted by Crippen LogP contribution is 2.27. The topological polar surface area (TPSA) is 50.4 Å². The van der Waals surface area contributed by atoms with Crippen molar-refractivity contribution in [3.8, 4) is 10.6 Å². The van der Waals surface area contributed by atoms with Crippen molar-refractivity contribution < 1.29 is 5.11 Å². The highest BCUT2D eigenvalue weighted by atomic mass is 32.1. The summed E-state index contributed by atoms with van der Waals surface area (Å²) in [4.78, 5) is 5.23. The van der Waals surface area contributed by atoms with Crippen LogP contribution in [0.2, 0.25) is 0 Å². The Morgan fingerprint density at radius 1 is 1.22 bits per heavy atom. The van der Waals surface area contributed by atoms with Crippen LogP contribution in [0.3, 0.4) is 0 Å². The first-order valence-electron chi connectivity index (χ1n) is 5.72. The van der Waals surface area contributed by atoms with Gasteiger partial charge in [-0.15, -0.1) is 0 Å². The summed E-state index contributed by atoms with van der Waals surface area (Å²) in [5.41, 5.74) is 3.91. The maximum absolute atomic E-state index is 9.33. The lowest BCUT2D eigenvalue weighted by molar-refractivity contribution is 0.273. The van der Waals surface area contributed by atoms with Crippen LogP contribution < -0.4 is 0 Å². The molecule has 0 radical (unpaired) electrons. The predicted molar refractivity (Wildman–Crippen MR) is 71.7 cm³/mol. The van der Waals surface area contributed by atoms with Gasteiger partial charge in [-0.1, -0.05) is 41.2 Å². The largest absolute Gasteiger partial charge is 0.390 e. The smallest absolute Gasteiger partial charge is 0.213 e. The van der Waals surface area contributed by atoms with Crippen LogP contribution in [0.4, 0.5) is 0 Å². The molecule has 18 heavy (non-hydrogen) atoms. The Morgan fingerprint density at radius 3 is 2.61 bits per heavy atom. The van der Waals surface area contributed by atoms with Crippen LogP contribution in [0.15, 0.2) is 24.3 Å². The lowest BCUT2D eigenvalue weighted by Gasteiger charge is -1.97. The van der Waals surface area contributed by atoms with Crippen molar-refractivity contribution in [3.05, 3.63) is 41.2 Å². The molecule has 2 heterocycles. The van der Waals surface area contributed by atoms with Crippen LogP contribution in [0.5, 0.6) is 0 Å². The van der Waals surface area contributed by atoms with E-state index >= 15 is 0 Å². The SMILES string of the molecule is Cc1ccc(-c2nn3c(CO)c(C)nc3s2)cc1. The third kappa shape index (κ3) is 1.72. The Labute approximate surface area is 109 Å². The monoisotopic (exact) mass is 259 g/mol. The molecule has 1 aromatic carbocycles. The van der Waals surface area contributed by atoms with E-state index in [2.05, 4.69) is 41.3 Å². The zero-order valence-electron chi connectivity index (χ0n) is 10.2. The van der Waals surface area contributed by atoms with Gasteiger partial charge in [0.2, 0.25) is 4.96 Å². The van der Waals surface area contributed by atoms with Crippen molar-refractivity contribution >= 4 is 16.3 Å². The minimum Gasteiger partial charge on any atom is -0.390 e. The van der Waals surface area contributed by atoms with Gasteiger partial charge in [-0.2, -0.15) is 5.10 Å². The zero-order valence-corrected chi connectivity index (χ0v) is 11.0. The van der Waals surface area contributed by atoms with E-state index in [1.54, 1.807) is 4.52 Å². The van der Waals surface area contributed by atoms with E-state index in [0.29, 0.717) is 0 Å². The number of rotatable bonds is 2. The average molecular weight is 259 g/mol. The second-order valence-corrected chi connectivity index (χ2v) is 5.23. The van der Waals surface area contributed by atoms with E-state index in [1.165, 1.54) is 16.9 Å². The molecule has 0 bridgehead atoms. The van der Waals surface area contributed by atoms with E-state index in [1.807, 2.05) is 6.92 Å². The van der Waals surface area contributed by atoms with Crippen molar-refractivity contribution in [2.24, 2.45) is 0 Å². The Kier molecular flexibility index (Phi) is 2.65. The van der Waals surface area contributed by atoms with E-state index in [4.69, 9.17) is 0 Å². The van der Waals surface area contributed by atoms with E-state index < -0.39 is 0 Å². The van der Waals surface area contributed by atoms with E-state index in [0.717, 1.165) is 26.9 Å². The average Bonchev–Trinajstić information content (AvgIpc) is 2.86. The zero-order chi connectivity index (χ0) is 12.7. The van der Waals surface area contributed by atoms with Gasteiger partial charge >= 0.3 is 0 Å². The number of hydrogen-bond donors (Lipinski definition) is 1. The third-order valence-electron chi connectivity index (χ3n) is 2.94. The molecule has 3 aromatic rings. The molecule has 0 amide bonds. The molecule has 0 fully saturated rings. The van der Waals surface area contributed by atoms with Gasteiger partial charge in [-0.25, -0.2) is 9.50 Å². The van der Waals surface area contributed by atoms with E-state index in [9.17, 15) is 5.11 Å². The second kappa shape index (κ2) is 4.19. The summed E-state index contributed by atoms with van der Waals surface area (Å²) in [6.45, 7) is 3.91. The fraction of sp³-hybridized carbons (Fsp3) is 0.231. The first-order chi connectivity index (χ1) is 8.69. The van der Waals surface area contributed by atoms with Gasteiger partial charge in [-0.3, -0.25) is 0 Å². The molecule has 0 aliphatic heterocycles. The number of aryl methyl sites for hydroxylation is 2. The van der Waals surface area contributed by atoms with Crippen molar-refractivity contribution in [1.82, 2.24) is 14.6 Å². The molecule has 0 unspecified atom stereocenters. The number of fused-ring (bicyclic) bond motifs is 1. The number of aliphatic hydroxyl groups excluding tert-OH is 1. The lowest BCUT2D eigenvalue weighted by atomic mass is 10.2. The number of hydrogen-bond acceptors (Lipinski definition) is 4. The molecule has 5 heteroatoms. The Balaban J connectivity index is 2.14. The van der Waals surface area contributed by atoms with Crippen LogP contribution >= 0.6 is 11.3 Å². The van der Waals surface area contributed by atoms with Crippen molar-refractivity contribution in [2.45, 2.75) is 20.5 Å². The van der Waals surface area contributed by atoms with Crippen LogP contribution in [-0.4, -0.2) is 19.7 Å². The molecule has 3 rings (SSSR count). The fourth-order valence-electron chi connectivity index (χ4n) is 1.89. The van der Waals surface area contributed by atoms with Gasteiger partial charge in [0.25, 0.3) is 0 Å². The van der Waals surface area contributed by atoms with Gasteiger partial charge in [0.05, 0.1) is 18.0 Å². The van der Waals surface area contributed by atoms with Crippen LogP contribution in [0.1, 0.15) is 17.0 Å². The molecular formula is C13H13N3OS. The summed E-state index contributed by atoms with van der Waals surface area (Å²) < 4.78 is 1.73. The minimum absolute atomic E-state index is 0.0376. The molecule has 1 N–H and O–H groups in total. The predicted octanol–water partition coefficient (Wildman–Crippen LogP) is 2.57. The highest BCUT2D eigenvalue weighted by Gasteiger charge is 2.13. The van der Waals surface area contributed by atoms with Crippen LogP contribution in [0.25, 0.3) is 15.5 Å². The Hall–Kier alpha value is -1.72. The molecule has 0 aliphatic carbocycles. The number of nitrogens with zero attached hydrogens (tertiary/aromatic N) is 3. The number of aromatic nitrogens is 3. The second-order valence-electron chi connectivity index (χ2n) is 4.27. The summed E-state index contributed by atoms with van der Waals surface area (Å²) in [6.07, 6.45) is 0. The molecule has 0 atom stereocenters. The summed E-state index contributed by atoms with van der Waals surface area (Å²) in [5, 5.41) is 14.8. The highest BCUT2D eigenvalue weighted by molar-refractivity contribution is 7.19. The first kappa shape index (κ1) is 11.4. The van der Waals surface area contributed by atoms with Gasteiger partial charge in [0, 0.05) is 5.56 Å². The molecule has 0 spiro atoms. The van der Waals surface area contributed by atoms with E-state index in [-0.39, 0.29) is 6.61 Å². The number of imidazole rings is 1. The molecule has 92 valence electrons. The van der Waals surface area contributed by atoms with Gasteiger partial charge in [0.1, 0.15) is 5.01 Å². The summed E-state index contributed by atoms with van der Waals surface area (Å²) >= 11 is 1.54. The molecule has 0 saturated carbocycles. The molecule has 4 nitrogen and oxygen atoms in total. The Morgan fingerprint density at radius 2 is 1.94 bits per heavy atom.